The number of nitrogens with zero attached hydrogens (tertiary/aromatic N) is 1. The lowest BCUT2D eigenvalue weighted by Gasteiger charge is -2.44. The Balaban J connectivity index is 2.12. The second-order valence-electron chi connectivity index (χ2n) is 7.09. The van der Waals surface area contributed by atoms with Gasteiger partial charge in [-0.15, -0.1) is 0 Å². The van der Waals surface area contributed by atoms with Crippen LogP contribution in [0.3, 0.4) is 0 Å². The van der Waals surface area contributed by atoms with Crippen LogP contribution in [0, 0.1) is 0 Å². The molecule has 140 valence electrons. The third-order valence-electron chi connectivity index (χ3n) is 4.88. The minimum atomic E-state index is -0.349. The van der Waals surface area contributed by atoms with Crippen LogP contribution >= 0.6 is 0 Å². The van der Waals surface area contributed by atoms with Gasteiger partial charge in [-0.3, -0.25) is 4.79 Å². The summed E-state index contributed by atoms with van der Waals surface area (Å²) in [7, 11) is 4.09. The molecule has 5 heteroatoms. The number of aliphatic hydroxyl groups is 1. The van der Waals surface area contributed by atoms with E-state index in [1.807, 2.05) is 32.3 Å². The van der Waals surface area contributed by atoms with E-state index >= 15 is 0 Å². The van der Waals surface area contributed by atoms with Gasteiger partial charge < -0.3 is 19.5 Å². The Bertz CT molecular complexity index is 560. The number of hydrogen-bond acceptors (Lipinski definition) is 5. The summed E-state index contributed by atoms with van der Waals surface area (Å²) in [6.45, 7) is 3.28. The molecule has 0 amide bonds. The number of ether oxygens (including phenoxy) is 2. The fourth-order valence-electron chi connectivity index (χ4n) is 3.78. The molecule has 0 aromatic heterocycles. The summed E-state index contributed by atoms with van der Waals surface area (Å²) >= 11 is 0. The molecule has 0 heterocycles. The van der Waals surface area contributed by atoms with Gasteiger partial charge in [0.05, 0.1) is 25.7 Å². The molecule has 0 radical (unpaired) electrons. The minimum Gasteiger partial charge on any atom is -0.493 e. The van der Waals surface area contributed by atoms with Gasteiger partial charge >= 0.3 is 5.97 Å². The third kappa shape index (κ3) is 5.19. The predicted octanol–water partition coefficient (Wildman–Crippen LogP) is 2.75. The van der Waals surface area contributed by atoms with E-state index in [0.717, 1.165) is 43.5 Å². The number of likely N-dealkylation sites (N-methyl/N-ethyl adjacent to an activating group) is 1. The molecule has 1 aromatic rings. The summed E-state index contributed by atoms with van der Waals surface area (Å²) in [5.74, 6) is 0.489. The Morgan fingerprint density at radius 1 is 1.36 bits per heavy atom. The summed E-state index contributed by atoms with van der Waals surface area (Å²) in [6.07, 6.45) is 3.90. The Morgan fingerprint density at radius 3 is 2.84 bits per heavy atom. The lowest BCUT2D eigenvalue weighted by molar-refractivity contribution is -0.143. The zero-order chi connectivity index (χ0) is 18.3. The van der Waals surface area contributed by atoms with Crippen molar-refractivity contribution in [2.75, 3.05) is 33.9 Å². The highest BCUT2D eigenvalue weighted by Crippen LogP contribution is 2.41. The molecule has 2 atom stereocenters. The number of hydrogen-bond donors (Lipinski definition) is 1. The molecule has 0 aliphatic heterocycles. The quantitative estimate of drug-likeness (QED) is 0.731. The predicted molar refractivity (Wildman–Crippen MR) is 97.9 cm³/mol. The Kier molecular flexibility index (Phi) is 7.26. The normalized spacial score (nSPS) is 23.5. The highest BCUT2D eigenvalue weighted by atomic mass is 16.5. The van der Waals surface area contributed by atoms with E-state index in [2.05, 4.69) is 11.0 Å². The molecule has 0 bridgehead atoms. The molecule has 1 aliphatic carbocycles. The molecular formula is C20H31NO4. The molecule has 1 fully saturated rings. The van der Waals surface area contributed by atoms with Crippen molar-refractivity contribution in [3.05, 3.63) is 29.8 Å². The first-order valence-electron chi connectivity index (χ1n) is 9.19. The van der Waals surface area contributed by atoms with Crippen LogP contribution < -0.4 is 4.74 Å². The average molecular weight is 349 g/mol. The van der Waals surface area contributed by atoms with Gasteiger partial charge in [-0.2, -0.15) is 0 Å². The molecule has 5 nitrogen and oxygen atoms in total. The number of benzene rings is 1. The van der Waals surface area contributed by atoms with E-state index in [1.165, 1.54) is 0 Å². The van der Waals surface area contributed by atoms with Crippen molar-refractivity contribution in [2.24, 2.45) is 0 Å². The fraction of sp³-hybridized carbons (Fsp3) is 0.650. The van der Waals surface area contributed by atoms with Crippen LogP contribution in [0.5, 0.6) is 5.75 Å². The lowest BCUT2D eigenvalue weighted by atomic mass is 9.67. The minimum absolute atomic E-state index is 0.240. The molecule has 1 aromatic carbocycles. The van der Waals surface area contributed by atoms with Gasteiger partial charge in [0.25, 0.3) is 0 Å². The van der Waals surface area contributed by atoms with Crippen LogP contribution in [0.25, 0.3) is 0 Å². The summed E-state index contributed by atoms with van der Waals surface area (Å²) in [5.41, 5.74) is 0.851. The van der Waals surface area contributed by atoms with Gasteiger partial charge in [0.1, 0.15) is 5.75 Å². The van der Waals surface area contributed by atoms with Crippen LogP contribution in [-0.2, 0) is 14.9 Å². The number of aliphatic hydroxyl groups excluding tert-OH is 1. The second-order valence-corrected chi connectivity index (χ2v) is 7.09. The molecule has 2 rings (SSSR count). The van der Waals surface area contributed by atoms with Gasteiger partial charge in [-0.25, -0.2) is 0 Å². The summed E-state index contributed by atoms with van der Waals surface area (Å²) in [5, 5.41) is 10.8. The van der Waals surface area contributed by atoms with Crippen molar-refractivity contribution in [2.45, 2.75) is 50.5 Å². The van der Waals surface area contributed by atoms with Crippen LogP contribution in [0.4, 0.5) is 0 Å². The van der Waals surface area contributed by atoms with Crippen molar-refractivity contribution in [1.82, 2.24) is 4.90 Å². The zero-order valence-electron chi connectivity index (χ0n) is 15.7. The molecule has 1 aliphatic rings. The fourth-order valence-corrected chi connectivity index (χ4v) is 3.78. The van der Waals surface area contributed by atoms with Gasteiger partial charge in [0.15, 0.2) is 0 Å². The monoisotopic (exact) mass is 349 g/mol. The number of carbonyl (C=O) groups is 1. The van der Waals surface area contributed by atoms with E-state index in [4.69, 9.17) is 9.47 Å². The first kappa shape index (κ1) is 19.7. The summed E-state index contributed by atoms with van der Waals surface area (Å²) in [4.78, 5) is 13.6. The third-order valence-corrected chi connectivity index (χ3v) is 4.88. The number of esters is 1. The average Bonchev–Trinajstić information content (AvgIpc) is 2.57. The van der Waals surface area contributed by atoms with Crippen LogP contribution in [0.2, 0.25) is 0 Å². The smallest absolute Gasteiger partial charge is 0.309 e. The standard InChI is InChI=1S/C20H31NO4/c1-4-24-19(23)11-13-25-17-9-7-8-16(14-17)20(15-21(2)3)12-6-5-10-18(20)22/h7-9,14,18,22H,4-6,10-13,15H2,1-3H3/t18-,20+/m0/s1. The highest BCUT2D eigenvalue weighted by Gasteiger charge is 2.41. The first-order valence-corrected chi connectivity index (χ1v) is 9.19. The van der Waals surface area contributed by atoms with E-state index in [-0.39, 0.29) is 23.9 Å². The van der Waals surface area contributed by atoms with Gasteiger partial charge in [0, 0.05) is 12.0 Å². The summed E-state index contributed by atoms with van der Waals surface area (Å²) in [6, 6.07) is 7.96. The van der Waals surface area contributed by atoms with E-state index in [0.29, 0.717) is 13.2 Å². The maximum atomic E-state index is 11.4. The van der Waals surface area contributed by atoms with Crippen LogP contribution in [-0.4, -0.2) is 55.9 Å². The molecule has 25 heavy (non-hydrogen) atoms. The van der Waals surface area contributed by atoms with Crippen molar-refractivity contribution < 1.29 is 19.4 Å². The Morgan fingerprint density at radius 2 is 2.16 bits per heavy atom. The number of rotatable bonds is 8. The largest absolute Gasteiger partial charge is 0.493 e. The van der Waals surface area contributed by atoms with Crippen LogP contribution in [0.15, 0.2) is 24.3 Å². The molecule has 0 spiro atoms. The van der Waals surface area contributed by atoms with E-state index in [1.54, 1.807) is 6.92 Å². The zero-order valence-corrected chi connectivity index (χ0v) is 15.7. The number of carbonyl (C=O) groups excluding carboxylic acids is 1. The molecule has 1 saturated carbocycles. The molecule has 0 unspecified atom stereocenters. The van der Waals surface area contributed by atoms with Crippen molar-refractivity contribution >= 4 is 5.97 Å². The molecule has 0 saturated heterocycles. The highest BCUT2D eigenvalue weighted by molar-refractivity contribution is 5.69. The van der Waals surface area contributed by atoms with Gasteiger partial charge in [0.2, 0.25) is 0 Å². The SMILES string of the molecule is CCOC(=O)CCOc1cccc([C@]2(CN(C)C)CCCC[C@@H]2O)c1. The van der Waals surface area contributed by atoms with Crippen LogP contribution in [0.1, 0.15) is 44.6 Å². The van der Waals surface area contributed by atoms with Crippen molar-refractivity contribution in [3.8, 4) is 5.75 Å². The second kappa shape index (κ2) is 9.20. The van der Waals surface area contributed by atoms with Gasteiger partial charge in [-0.05, 0) is 51.6 Å². The maximum absolute atomic E-state index is 11.4. The topological polar surface area (TPSA) is 59.0 Å². The first-order chi connectivity index (χ1) is 12.0. The molecule has 1 N–H and O–H groups in total. The van der Waals surface area contributed by atoms with Gasteiger partial charge in [-0.1, -0.05) is 25.0 Å². The summed E-state index contributed by atoms with van der Waals surface area (Å²) < 4.78 is 10.7. The maximum Gasteiger partial charge on any atom is 0.309 e. The Hall–Kier alpha value is -1.59. The lowest BCUT2D eigenvalue weighted by Crippen LogP contribution is -2.49. The van der Waals surface area contributed by atoms with Crippen molar-refractivity contribution in [1.29, 1.82) is 0 Å². The van der Waals surface area contributed by atoms with E-state index in [9.17, 15) is 9.90 Å². The molecular weight excluding hydrogens is 318 g/mol. The van der Waals surface area contributed by atoms with E-state index < -0.39 is 0 Å². The Labute approximate surface area is 150 Å². The van der Waals surface area contributed by atoms with Crippen molar-refractivity contribution in [3.63, 3.8) is 0 Å².